The second-order valence-corrected chi connectivity index (χ2v) is 2.32. The SMILES string of the molecule is Cl.NC(=O)C1CCCOC1. The first-order valence-corrected chi connectivity index (χ1v) is 3.18. The molecule has 0 aromatic rings. The molecule has 1 heterocycles. The predicted octanol–water partition coefficient (Wildman–Crippen LogP) is 0.320. The molecule has 4 heteroatoms. The van der Waals surface area contributed by atoms with E-state index in [0.717, 1.165) is 19.4 Å². The molecule has 1 amide bonds. The van der Waals surface area contributed by atoms with Crippen LogP contribution < -0.4 is 5.73 Å². The fraction of sp³-hybridized carbons (Fsp3) is 0.833. The molecule has 1 atom stereocenters. The molecule has 2 N–H and O–H groups in total. The summed E-state index contributed by atoms with van der Waals surface area (Å²) in [5.41, 5.74) is 5.05. The molecule has 0 bridgehead atoms. The summed E-state index contributed by atoms with van der Waals surface area (Å²) in [5, 5.41) is 0. The fourth-order valence-corrected chi connectivity index (χ4v) is 0.965. The highest BCUT2D eigenvalue weighted by Crippen LogP contribution is 2.11. The quantitative estimate of drug-likeness (QED) is 0.609. The maximum Gasteiger partial charge on any atom is 0.222 e. The van der Waals surface area contributed by atoms with Gasteiger partial charge in [0.2, 0.25) is 5.91 Å². The monoisotopic (exact) mass is 165 g/mol. The van der Waals surface area contributed by atoms with Gasteiger partial charge in [0.15, 0.2) is 0 Å². The third-order valence-corrected chi connectivity index (χ3v) is 1.56. The van der Waals surface area contributed by atoms with Crippen LogP contribution in [0.1, 0.15) is 12.8 Å². The number of hydrogen-bond donors (Lipinski definition) is 1. The Kier molecular flexibility index (Phi) is 4.40. The van der Waals surface area contributed by atoms with Gasteiger partial charge >= 0.3 is 0 Å². The number of nitrogens with two attached hydrogens (primary N) is 1. The molecule has 0 aromatic carbocycles. The highest BCUT2D eigenvalue weighted by Gasteiger charge is 2.18. The van der Waals surface area contributed by atoms with E-state index in [2.05, 4.69) is 0 Å². The minimum Gasteiger partial charge on any atom is -0.381 e. The highest BCUT2D eigenvalue weighted by molar-refractivity contribution is 5.85. The van der Waals surface area contributed by atoms with Crippen LogP contribution in [0, 0.1) is 5.92 Å². The van der Waals surface area contributed by atoms with E-state index in [1.54, 1.807) is 0 Å². The van der Waals surface area contributed by atoms with E-state index in [-0.39, 0.29) is 24.2 Å². The predicted molar refractivity (Wildman–Crippen MR) is 40.0 cm³/mol. The van der Waals surface area contributed by atoms with Gasteiger partial charge in [-0.1, -0.05) is 0 Å². The van der Waals surface area contributed by atoms with Gasteiger partial charge in [0.25, 0.3) is 0 Å². The van der Waals surface area contributed by atoms with Crippen LogP contribution in [0.3, 0.4) is 0 Å². The first-order chi connectivity index (χ1) is 4.30. The van der Waals surface area contributed by atoms with Gasteiger partial charge in [0.1, 0.15) is 0 Å². The zero-order chi connectivity index (χ0) is 6.69. The van der Waals surface area contributed by atoms with E-state index in [4.69, 9.17) is 10.5 Å². The number of carbonyl (C=O) groups is 1. The summed E-state index contributed by atoms with van der Waals surface area (Å²) in [5.74, 6) is -0.256. The third kappa shape index (κ3) is 2.54. The Labute approximate surface area is 66.3 Å². The molecular weight excluding hydrogens is 154 g/mol. The van der Waals surface area contributed by atoms with E-state index in [9.17, 15) is 4.79 Å². The Bertz CT molecular complexity index is 112. The van der Waals surface area contributed by atoms with Gasteiger partial charge in [-0.3, -0.25) is 4.79 Å². The zero-order valence-electron chi connectivity index (χ0n) is 5.71. The summed E-state index contributed by atoms with van der Waals surface area (Å²) in [6.07, 6.45) is 1.86. The molecule has 10 heavy (non-hydrogen) atoms. The second kappa shape index (κ2) is 4.52. The molecule has 60 valence electrons. The van der Waals surface area contributed by atoms with Crippen molar-refractivity contribution < 1.29 is 9.53 Å². The molecule has 3 nitrogen and oxygen atoms in total. The molecule has 1 rings (SSSR count). The van der Waals surface area contributed by atoms with E-state index in [1.165, 1.54) is 0 Å². The molecule has 0 aromatic heterocycles. The van der Waals surface area contributed by atoms with Gasteiger partial charge in [0, 0.05) is 6.61 Å². The lowest BCUT2D eigenvalue weighted by Crippen LogP contribution is -2.30. The van der Waals surface area contributed by atoms with Crippen molar-refractivity contribution in [3.05, 3.63) is 0 Å². The van der Waals surface area contributed by atoms with Gasteiger partial charge in [-0.2, -0.15) is 0 Å². The zero-order valence-corrected chi connectivity index (χ0v) is 6.52. The van der Waals surface area contributed by atoms with E-state index in [0.29, 0.717) is 6.61 Å². The van der Waals surface area contributed by atoms with Crippen LogP contribution in [-0.2, 0) is 9.53 Å². The highest BCUT2D eigenvalue weighted by atomic mass is 35.5. The Morgan fingerprint density at radius 3 is 2.60 bits per heavy atom. The lowest BCUT2D eigenvalue weighted by atomic mass is 10.0. The largest absolute Gasteiger partial charge is 0.381 e. The lowest BCUT2D eigenvalue weighted by molar-refractivity contribution is -0.125. The van der Waals surface area contributed by atoms with Crippen molar-refractivity contribution in [2.45, 2.75) is 12.8 Å². The van der Waals surface area contributed by atoms with Crippen molar-refractivity contribution in [1.82, 2.24) is 0 Å². The van der Waals surface area contributed by atoms with Gasteiger partial charge < -0.3 is 10.5 Å². The van der Waals surface area contributed by atoms with Crippen molar-refractivity contribution in [3.63, 3.8) is 0 Å². The van der Waals surface area contributed by atoms with Crippen LogP contribution in [0.25, 0.3) is 0 Å². The average molecular weight is 166 g/mol. The van der Waals surface area contributed by atoms with Crippen molar-refractivity contribution in [3.8, 4) is 0 Å². The van der Waals surface area contributed by atoms with Crippen LogP contribution in [0.15, 0.2) is 0 Å². The molecular formula is C6H12ClNO2. The molecule has 1 aliphatic rings. The standard InChI is InChI=1S/C6H11NO2.ClH/c7-6(8)5-2-1-3-9-4-5;/h5H,1-4H2,(H2,7,8);1H. The molecule has 1 saturated heterocycles. The van der Waals surface area contributed by atoms with Crippen LogP contribution >= 0.6 is 12.4 Å². The average Bonchev–Trinajstić information content (AvgIpc) is 1.90. The number of ether oxygens (including phenoxy) is 1. The molecule has 0 spiro atoms. The summed E-state index contributed by atoms with van der Waals surface area (Å²) in [4.78, 5) is 10.5. The number of hydrogen-bond acceptors (Lipinski definition) is 2. The van der Waals surface area contributed by atoms with Crippen LogP contribution in [0.5, 0.6) is 0 Å². The summed E-state index contributed by atoms with van der Waals surface area (Å²) in [7, 11) is 0. The minimum absolute atomic E-state index is 0. The fourth-order valence-electron chi connectivity index (χ4n) is 0.965. The number of primary amides is 1. The molecule has 1 aliphatic heterocycles. The molecule has 1 fully saturated rings. The normalized spacial score (nSPS) is 25.0. The van der Waals surface area contributed by atoms with Gasteiger partial charge in [-0.15, -0.1) is 12.4 Å². The first kappa shape index (κ1) is 9.72. The summed E-state index contributed by atoms with van der Waals surface area (Å²) < 4.78 is 5.04. The first-order valence-electron chi connectivity index (χ1n) is 3.18. The van der Waals surface area contributed by atoms with E-state index < -0.39 is 0 Å². The van der Waals surface area contributed by atoms with Crippen LogP contribution in [0.2, 0.25) is 0 Å². The maximum atomic E-state index is 10.5. The van der Waals surface area contributed by atoms with Crippen molar-refractivity contribution in [2.75, 3.05) is 13.2 Å². The smallest absolute Gasteiger partial charge is 0.222 e. The van der Waals surface area contributed by atoms with Gasteiger partial charge in [-0.25, -0.2) is 0 Å². The molecule has 0 aliphatic carbocycles. The second-order valence-electron chi connectivity index (χ2n) is 2.32. The van der Waals surface area contributed by atoms with Gasteiger partial charge in [0.05, 0.1) is 12.5 Å². The molecule has 0 radical (unpaired) electrons. The number of amides is 1. The Hall–Kier alpha value is -0.280. The molecule has 0 saturated carbocycles. The summed E-state index contributed by atoms with van der Waals surface area (Å²) in [6, 6.07) is 0. The lowest BCUT2D eigenvalue weighted by Gasteiger charge is -2.18. The third-order valence-electron chi connectivity index (χ3n) is 1.56. The van der Waals surface area contributed by atoms with Crippen LogP contribution in [-0.4, -0.2) is 19.1 Å². The van der Waals surface area contributed by atoms with E-state index in [1.807, 2.05) is 0 Å². The topological polar surface area (TPSA) is 52.3 Å². The summed E-state index contributed by atoms with van der Waals surface area (Å²) >= 11 is 0. The number of carbonyl (C=O) groups excluding carboxylic acids is 1. The Morgan fingerprint density at radius 2 is 2.30 bits per heavy atom. The Morgan fingerprint density at radius 1 is 1.60 bits per heavy atom. The number of halogens is 1. The van der Waals surface area contributed by atoms with Crippen molar-refractivity contribution in [2.24, 2.45) is 11.7 Å². The maximum absolute atomic E-state index is 10.5. The van der Waals surface area contributed by atoms with Gasteiger partial charge in [-0.05, 0) is 12.8 Å². The van der Waals surface area contributed by atoms with Crippen LogP contribution in [0.4, 0.5) is 0 Å². The van der Waals surface area contributed by atoms with Crippen molar-refractivity contribution in [1.29, 1.82) is 0 Å². The van der Waals surface area contributed by atoms with E-state index >= 15 is 0 Å². The Balaban J connectivity index is 0.000000810. The summed E-state index contributed by atoms with van der Waals surface area (Å²) in [6.45, 7) is 1.30. The number of rotatable bonds is 1. The van der Waals surface area contributed by atoms with Crippen molar-refractivity contribution >= 4 is 18.3 Å². The molecule has 1 unspecified atom stereocenters. The minimum atomic E-state index is -0.227.